The van der Waals surface area contributed by atoms with Crippen molar-refractivity contribution in [2.24, 2.45) is 0 Å². The Bertz CT molecular complexity index is 8530. The van der Waals surface area contributed by atoms with Gasteiger partial charge in [0.15, 0.2) is 0 Å². The predicted molar refractivity (Wildman–Crippen MR) is 534 cm³/mol. The van der Waals surface area contributed by atoms with E-state index >= 15 is 0 Å². The summed E-state index contributed by atoms with van der Waals surface area (Å²) in [5.74, 6) is 0. The highest BCUT2D eigenvalue weighted by Crippen LogP contribution is 2.47. The third-order valence-corrected chi connectivity index (χ3v) is 25.9. The molecule has 0 aliphatic rings. The summed E-state index contributed by atoms with van der Waals surface area (Å²) in [5.41, 5.74) is 29.3. The monoisotopic (exact) mass is 1630 g/mol. The van der Waals surface area contributed by atoms with E-state index in [4.69, 9.17) is 13.3 Å². The van der Waals surface area contributed by atoms with E-state index in [9.17, 15) is 0 Å². The van der Waals surface area contributed by atoms with E-state index in [1.165, 1.54) is 175 Å². The Kier molecular flexibility index (Phi) is 18.0. The first-order valence-corrected chi connectivity index (χ1v) is 44.0. The summed E-state index contributed by atoms with van der Waals surface area (Å²) in [4.78, 5) is 0. The van der Waals surface area contributed by atoms with Crippen LogP contribution in [0.1, 0.15) is 105 Å². The molecule has 8 heterocycles. The van der Waals surface area contributed by atoms with Crippen LogP contribution in [0, 0.1) is 0 Å². The van der Waals surface area contributed by atoms with Gasteiger partial charge in [-0.15, -0.1) is 0 Å². The zero-order valence-corrected chi connectivity index (χ0v) is 73.2. The Hall–Kier alpha value is -14.9. The summed E-state index contributed by atoms with van der Waals surface area (Å²) in [5, 5.41) is 19.8. The molecule has 0 saturated carbocycles. The van der Waals surface area contributed by atoms with Crippen LogP contribution in [0.3, 0.4) is 0 Å². The van der Waals surface area contributed by atoms with E-state index in [1.807, 2.05) is 12.1 Å². The maximum atomic E-state index is 6.49. The van der Waals surface area contributed by atoms with E-state index in [-0.39, 0.29) is 21.7 Å². The first-order valence-electron chi connectivity index (χ1n) is 44.0. The Morgan fingerprint density at radius 1 is 0.159 bits per heavy atom. The zero-order chi connectivity index (χ0) is 85.8. The molecule has 17 aromatic carbocycles. The van der Waals surface area contributed by atoms with Gasteiger partial charge >= 0.3 is 0 Å². The van der Waals surface area contributed by atoms with Crippen LogP contribution in [0.2, 0.25) is 0 Å². The highest BCUT2D eigenvalue weighted by molar-refractivity contribution is 6.23. The lowest BCUT2D eigenvalue weighted by molar-refractivity contribution is 0.573. The van der Waals surface area contributed by atoms with E-state index in [1.54, 1.807) is 0 Å². The van der Waals surface area contributed by atoms with Gasteiger partial charge in [0.25, 0.3) is 0 Å². The number of hydrogen-bond acceptors (Lipinski definition) is 3. The minimum Gasteiger partial charge on any atom is -0.456 e. The van der Waals surface area contributed by atoms with Gasteiger partial charge in [0, 0.05) is 138 Å². The molecule has 25 aromatic rings. The molecule has 0 unspecified atom stereocenters. The molecular formula is C118H97N5O3. The lowest BCUT2D eigenvalue weighted by Crippen LogP contribution is -2.10. The number of para-hydroxylation sites is 10. The Morgan fingerprint density at radius 2 is 0.437 bits per heavy atom. The molecular weight excluding hydrogens is 1540 g/mol. The van der Waals surface area contributed by atoms with Gasteiger partial charge in [0.05, 0.1) is 55.2 Å². The molecule has 0 atom stereocenters. The van der Waals surface area contributed by atoms with Gasteiger partial charge in [-0.1, -0.05) is 289 Å². The molecule has 126 heavy (non-hydrogen) atoms. The van der Waals surface area contributed by atoms with E-state index < -0.39 is 0 Å². The summed E-state index contributed by atoms with van der Waals surface area (Å²) in [7, 11) is 0. The van der Waals surface area contributed by atoms with Crippen LogP contribution in [0.4, 0.5) is 0 Å². The van der Waals surface area contributed by atoms with Crippen LogP contribution < -0.4 is 0 Å². The van der Waals surface area contributed by atoms with Crippen molar-refractivity contribution in [1.82, 2.24) is 22.8 Å². The molecule has 0 amide bonds. The topological polar surface area (TPSA) is 64.1 Å². The normalized spacial score (nSPS) is 12.4. The lowest BCUT2D eigenvalue weighted by atomic mass is 9.86. The SMILES string of the molecule is CC(C)(C)c1ccc(-n2c3ccccc3c3cc4c5ccccc5n(-c5ccccc5)c4cc32)cc1.CC(C)(C)c1ccc2c(c1)c1cc3c(cc1n2-c1ccccc1)oc1ccccc13.CC(C)(C)c1ccc2oc3cc4c(cc3c2c1)c1ccccc1n4-c1ccccc1.CC(C)(C)c1cccc2c1oc1cc3c(cc12)c1ccccc1n3-c1ccccc1. The molecule has 0 radical (unpaired) electrons. The van der Waals surface area contributed by atoms with Crippen LogP contribution >= 0.6 is 0 Å². The largest absolute Gasteiger partial charge is 0.456 e. The van der Waals surface area contributed by atoms with Crippen molar-refractivity contribution in [1.29, 1.82) is 0 Å². The van der Waals surface area contributed by atoms with E-state index in [0.29, 0.717) is 0 Å². The molecule has 8 aromatic heterocycles. The second kappa shape index (κ2) is 29.4. The number of fused-ring (bicyclic) bond motifs is 24. The highest BCUT2D eigenvalue weighted by Gasteiger charge is 2.27. The summed E-state index contributed by atoms with van der Waals surface area (Å²) in [6.45, 7) is 27.1. The maximum Gasteiger partial charge on any atom is 0.139 e. The average molecular weight is 1630 g/mol. The predicted octanol–water partition coefficient (Wildman–Crippen LogP) is 33.1. The van der Waals surface area contributed by atoms with Crippen LogP contribution in [-0.2, 0) is 21.7 Å². The number of aromatic nitrogens is 5. The minimum atomic E-state index is 0.0266. The van der Waals surface area contributed by atoms with Crippen LogP contribution in [0.15, 0.2) is 383 Å². The summed E-state index contributed by atoms with van der Waals surface area (Å²) in [6, 6.07) is 133. The number of furan rings is 3. The van der Waals surface area contributed by atoms with Crippen molar-refractivity contribution in [3.8, 4) is 28.4 Å². The third-order valence-electron chi connectivity index (χ3n) is 25.9. The van der Waals surface area contributed by atoms with Gasteiger partial charge in [-0.2, -0.15) is 0 Å². The van der Waals surface area contributed by atoms with Gasteiger partial charge in [0.1, 0.15) is 33.5 Å². The van der Waals surface area contributed by atoms with Gasteiger partial charge in [-0.05, 0) is 184 Å². The molecule has 0 N–H and O–H groups in total. The Morgan fingerprint density at radius 3 is 0.849 bits per heavy atom. The number of benzene rings is 17. The fraction of sp³-hybridized carbons (Fsp3) is 0.136. The molecule has 0 saturated heterocycles. The minimum absolute atomic E-state index is 0.0266. The van der Waals surface area contributed by atoms with E-state index in [2.05, 4.69) is 464 Å². The molecule has 0 fully saturated rings. The van der Waals surface area contributed by atoms with Crippen LogP contribution in [0.25, 0.3) is 203 Å². The van der Waals surface area contributed by atoms with Gasteiger partial charge in [0.2, 0.25) is 0 Å². The van der Waals surface area contributed by atoms with Crippen molar-refractivity contribution < 1.29 is 13.3 Å². The van der Waals surface area contributed by atoms with Crippen molar-refractivity contribution in [3.63, 3.8) is 0 Å². The quantitative estimate of drug-likeness (QED) is 0.172. The van der Waals surface area contributed by atoms with Crippen molar-refractivity contribution in [2.75, 3.05) is 0 Å². The first kappa shape index (κ1) is 77.2. The molecule has 0 spiro atoms. The number of nitrogens with zero attached hydrogens (tertiary/aromatic N) is 5. The van der Waals surface area contributed by atoms with Crippen LogP contribution in [0.5, 0.6) is 0 Å². The highest BCUT2D eigenvalue weighted by atomic mass is 16.3. The standard InChI is InChI=1S/C34H28N2.3C28H23NO/c1-34(2,3)23-17-19-25(20-18-23)36-31-16-10-8-14-27(31)29-21-28-26-13-7-9-15-30(26)35(32(28)22-33(29)36)24-11-5-4-6-12-24;1-28(2,3)23-14-9-13-20-22-16-21-19-12-7-8-15-24(19)29(18-10-5-4-6-11-18)25(21)17-26(22)30-27(20)23;1-28(2,3)18-13-14-26-22(15-18)23-16-21-20-11-7-8-12-24(20)29(19-9-5-4-6-10-19)25(21)17-27(23)30-26;1-28(2,3)18-13-14-24-21(15-18)22-16-23-20-11-7-8-12-26(20)30-27(23)17-25(22)29(24)19-9-5-4-6-10-19/h4-22H,1-3H3;3*4-17H,1-3H3. The fourth-order valence-corrected chi connectivity index (χ4v) is 19.5. The lowest BCUT2D eigenvalue weighted by Gasteiger charge is -2.19. The average Bonchev–Trinajstić information content (AvgIpc) is 1.60. The molecule has 612 valence electrons. The summed E-state index contributed by atoms with van der Waals surface area (Å²) < 4.78 is 30.8. The van der Waals surface area contributed by atoms with Crippen molar-refractivity contribution in [2.45, 2.75) is 105 Å². The number of rotatable bonds is 5. The smallest absolute Gasteiger partial charge is 0.139 e. The summed E-state index contributed by atoms with van der Waals surface area (Å²) in [6.07, 6.45) is 0. The zero-order valence-electron chi connectivity index (χ0n) is 73.2. The van der Waals surface area contributed by atoms with Crippen molar-refractivity contribution >= 4 is 175 Å². The second-order valence-electron chi connectivity index (χ2n) is 38.0. The maximum absolute atomic E-state index is 6.49. The molecule has 8 nitrogen and oxygen atoms in total. The molecule has 0 aliphatic carbocycles. The van der Waals surface area contributed by atoms with Crippen molar-refractivity contribution in [3.05, 3.63) is 392 Å². The summed E-state index contributed by atoms with van der Waals surface area (Å²) >= 11 is 0. The first-order chi connectivity index (χ1) is 61.0. The molecule has 0 bridgehead atoms. The Labute approximate surface area is 731 Å². The van der Waals surface area contributed by atoms with E-state index in [0.717, 1.165) is 50.6 Å². The van der Waals surface area contributed by atoms with Gasteiger partial charge < -0.3 is 36.1 Å². The molecule has 0 aliphatic heterocycles. The van der Waals surface area contributed by atoms with Gasteiger partial charge in [-0.3, -0.25) is 0 Å². The van der Waals surface area contributed by atoms with Crippen LogP contribution in [-0.4, -0.2) is 22.8 Å². The number of hydrogen-bond donors (Lipinski definition) is 0. The fourth-order valence-electron chi connectivity index (χ4n) is 19.5. The third kappa shape index (κ3) is 12.9. The van der Waals surface area contributed by atoms with Gasteiger partial charge in [-0.25, -0.2) is 0 Å². The second-order valence-corrected chi connectivity index (χ2v) is 38.0. The Balaban J connectivity index is 0.0000000997. The molecule has 25 rings (SSSR count). The molecule has 8 heteroatoms.